The number of pyridine rings is 1. The van der Waals surface area contributed by atoms with Gasteiger partial charge in [-0.2, -0.15) is 4.98 Å². The summed E-state index contributed by atoms with van der Waals surface area (Å²) >= 11 is 0. The zero-order valence-corrected chi connectivity index (χ0v) is 19.2. The van der Waals surface area contributed by atoms with Gasteiger partial charge in [-0.15, -0.1) is 0 Å². The molecule has 0 aromatic heterocycles. The Labute approximate surface area is 208 Å². The Morgan fingerprint density at radius 3 is 2.73 bits per heavy atom. The predicted octanol–water partition coefficient (Wildman–Crippen LogP) is 3.31. The molecule has 3 aliphatic heterocycles. The Balaban J connectivity index is 0.00000102. The molecule has 5 rings (SSSR count). The van der Waals surface area contributed by atoms with Gasteiger partial charge in [-0.1, -0.05) is 18.7 Å². The van der Waals surface area contributed by atoms with Crippen molar-refractivity contribution in [2.75, 3.05) is 11.9 Å². The molecule has 0 saturated carbocycles. The van der Waals surface area contributed by atoms with Crippen molar-refractivity contribution in [2.45, 2.75) is 6.54 Å². The lowest BCUT2D eigenvalue weighted by Crippen LogP contribution is -2.17. The number of hydrogen-bond donors (Lipinski definition) is 3. The number of amides is 1. The molecule has 0 atom stereocenters. The molecule has 0 aliphatic carbocycles. The molecule has 3 aliphatic rings. The molecular formula is C25H20F2N6O4. The molecular weight excluding hydrogens is 486 g/mol. The molecule has 1 amide bonds. The van der Waals surface area contributed by atoms with Gasteiger partial charge >= 0.3 is 0 Å². The van der Waals surface area contributed by atoms with Crippen molar-refractivity contribution in [3.05, 3.63) is 84.1 Å². The largest absolute Gasteiger partial charge is 0.483 e. The normalized spacial score (nSPS) is 12.2. The Morgan fingerprint density at radius 1 is 1.22 bits per heavy atom. The number of hydrogen-bond acceptors (Lipinski definition) is 7. The van der Waals surface area contributed by atoms with E-state index in [1.165, 1.54) is 6.07 Å². The number of nitrogens with zero attached hydrogens (tertiary/aromatic N) is 4. The standard InChI is InChI=1S/C24H18F2N6O2.CH2O2/c1-13(21(27)33)14-3-2-4-17(9-14)30-24-29-12-15-10-20(23-28-7-8-32(23)22(15)31-24)34-19-6-5-16(25)11-18(19)26;2-1-3/h2-6,9-12,28H,1,7-8H2,(H2,27,33);1H,(H,2,3). The summed E-state index contributed by atoms with van der Waals surface area (Å²) in [6.45, 7) is 4.66. The van der Waals surface area contributed by atoms with E-state index in [4.69, 9.17) is 20.4 Å². The van der Waals surface area contributed by atoms with E-state index in [1.54, 1.807) is 36.5 Å². The second kappa shape index (κ2) is 10.6. The zero-order valence-electron chi connectivity index (χ0n) is 19.2. The summed E-state index contributed by atoms with van der Waals surface area (Å²) in [5.74, 6) is -0.612. The lowest BCUT2D eigenvalue weighted by molar-refractivity contribution is -0.122. The van der Waals surface area contributed by atoms with Gasteiger partial charge in [0.05, 0.1) is 5.69 Å². The number of carboxylic acid groups (broad SMARTS) is 1. The topological polar surface area (TPSA) is 145 Å². The Kier molecular flexibility index (Phi) is 7.19. The number of aromatic nitrogens is 3. The maximum atomic E-state index is 14.1. The number of rotatable bonds is 5. The average molecular weight is 506 g/mol. The molecule has 2 aromatic rings. The van der Waals surface area contributed by atoms with Crippen LogP contribution in [0, 0.1) is 11.6 Å². The molecule has 10 nitrogen and oxygen atoms in total. The number of anilines is 1. The van der Waals surface area contributed by atoms with Gasteiger partial charge in [0.15, 0.2) is 23.1 Å². The number of carbonyl (C=O) groups is 2. The van der Waals surface area contributed by atoms with E-state index in [0.717, 1.165) is 12.1 Å². The van der Waals surface area contributed by atoms with Crippen LogP contribution in [0.2, 0.25) is 0 Å². The molecule has 188 valence electrons. The summed E-state index contributed by atoms with van der Waals surface area (Å²) in [6.07, 6.45) is 1.59. The van der Waals surface area contributed by atoms with Crippen molar-refractivity contribution in [2.24, 2.45) is 10.7 Å². The fourth-order valence-electron chi connectivity index (χ4n) is 3.66. The predicted molar refractivity (Wildman–Crippen MR) is 130 cm³/mol. The molecule has 0 fully saturated rings. The molecule has 0 radical (unpaired) electrons. The highest BCUT2D eigenvalue weighted by Crippen LogP contribution is 2.38. The molecule has 3 heterocycles. The van der Waals surface area contributed by atoms with Crippen LogP contribution in [0.4, 0.5) is 20.3 Å². The fourth-order valence-corrected chi connectivity index (χ4v) is 3.66. The maximum absolute atomic E-state index is 14.1. The number of nitrogens with one attached hydrogen (secondary N) is 1. The van der Waals surface area contributed by atoms with Crippen LogP contribution in [0.3, 0.4) is 0 Å². The van der Waals surface area contributed by atoms with Crippen molar-refractivity contribution in [3.63, 3.8) is 0 Å². The minimum absolute atomic E-state index is 0.0952. The second-order valence-corrected chi connectivity index (χ2v) is 7.67. The van der Waals surface area contributed by atoms with Crippen molar-refractivity contribution < 1.29 is 28.2 Å². The number of nitrogens with two attached hydrogens (primary N) is 1. The van der Waals surface area contributed by atoms with E-state index < -0.39 is 17.5 Å². The molecule has 2 aromatic carbocycles. The maximum Gasteiger partial charge on any atom is 0.290 e. The number of benzene rings is 2. The van der Waals surface area contributed by atoms with Crippen LogP contribution in [0.25, 0.3) is 17.0 Å². The van der Waals surface area contributed by atoms with Gasteiger partial charge in [0.25, 0.3) is 12.1 Å². The first-order chi connectivity index (χ1) is 17.8. The third kappa shape index (κ3) is 5.42. The zero-order chi connectivity index (χ0) is 26.5. The number of primary amides is 1. The van der Waals surface area contributed by atoms with Crippen LogP contribution in [-0.4, -0.2) is 38.6 Å². The van der Waals surface area contributed by atoms with Crippen LogP contribution in [-0.2, 0) is 16.1 Å². The highest BCUT2D eigenvalue weighted by Gasteiger charge is 2.23. The number of fused-ring (bicyclic) bond motifs is 3. The van der Waals surface area contributed by atoms with Gasteiger partial charge < -0.3 is 25.5 Å². The van der Waals surface area contributed by atoms with E-state index in [9.17, 15) is 13.6 Å². The molecule has 0 unspecified atom stereocenters. The van der Waals surface area contributed by atoms with E-state index in [0.29, 0.717) is 47.3 Å². The third-order valence-electron chi connectivity index (χ3n) is 5.29. The summed E-state index contributed by atoms with van der Waals surface area (Å²) in [5.41, 5.74) is 7.45. The van der Waals surface area contributed by atoms with Crippen LogP contribution < -0.4 is 21.4 Å². The smallest absolute Gasteiger partial charge is 0.290 e. The molecule has 37 heavy (non-hydrogen) atoms. The van der Waals surface area contributed by atoms with E-state index in [1.807, 2.05) is 4.57 Å². The number of halogens is 2. The minimum atomic E-state index is -0.802. The molecule has 12 heteroatoms. The first-order valence-corrected chi connectivity index (χ1v) is 10.8. The van der Waals surface area contributed by atoms with Gasteiger partial charge in [0.1, 0.15) is 11.6 Å². The number of ether oxygens (including phenoxy) is 1. The second-order valence-electron chi connectivity index (χ2n) is 7.67. The van der Waals surface area contributed by atoms with Crippen LogP contribution >= 0.6 is 0 Å². The summed E-state index contributed by atoms with van der Waals surface area (Å²) in [5, 5.41) is 10.1. The third-order valence-corrected chi connectivity index (χ3v) is 5.29. The van der Waals surface area contributed by atoms with Gasteiger partial charge in [0.2, 0.25) is 5.91 Å². The fraction of sp³-hybridized carbons (Fsp3) is 0.0800. The number of carbonyl (C=O) groups excluding carboxylic acids is 1. The monoisotopic (exact) mass is 506 g/mol. The van der Waals surface area contributed by atoms with Crippen molar-refractivity contribution in [1.82, 2.24) is 14.5 Å². The highest BCUT2D eigenvalue weighted by atomic mass is 19.1. The van der Waals surface area contributed by atoms with Crippen molar-refractivity contribution in [1.29, 1.82) is 0 Å². The lowest BCUT2D eigenvalue weighted by atomic mass is 10.1. The van der Waals surface area contributed by atoms with Gasteiger partial charge in [-0.05, 0) is 35.9 Å². The van der Waals surface area contributed by atoms with E-state index in [2.05, 4.69) is 26.9 Å². The molecule has 4 N–H and O–H groups in total. The highest BCUT2D eigenvalue weighted by molar-refractivity contribution is 6.18. The van der Waals surface area contributed by atoms with Crippen LogP contribution in [0.5, 0.6) is 11.5 Å². The first-order valence-electron chi connectivity index (χ1n) is 10.8. The minimum Gasteiger partial charge on any atom is -0.483 e. The summed E-state index contributed by atoms with van der Waals surface area (Å²) in [7, 11) is 0. The Bertz CT molecular complexity index is 1550. The van der Waals surface area contributed by atoms with Crippen LogP contribution in [0.1, 0.15) is 5.56 Å². The Morgan fingerprint density at radius 2 is 2.00 bits per heavy atom. The van der Waals surface area contributed by atoms with Gasteiger partial charge in [0, 0.05) is 36.5 Å². The summed E-state index contributed by atoms with van der Waals surface area (Å²) in [6, 6.07) is 11.7. The summed E-state index contributed by atoms with van der Waals surface area (Å²) in [4.78, 5) is 33.1. The van der Waals surface area contributed by atoms with Gasteiger partial charge in [-0.25, -0.2) is 18.8 Å². The molecule has 0 spiro atoms. The SMILES string of the molecule is C=C(C(N)=O)c1cccc(N=c2ncc3cc(Oc4ccc(F)cc4F)c4n(c-3n2)CCN4)c1.O=CO. The first kappa shape index (κ1) is 25.0. The van der Waals surface area contributed by atoms with Gasteiger partial charge in [-0.3, -0.25) is 9.59 Å². The lowest BCUT2D eigenvalue weighted by Gasteiger charge is -2.17. The van der Waals surface area contributed by atoms with E-state index in [-0.39, 0.29) is 23.4 Å². The van der Waals surface area contributed by atoms with Crippen molar-refractivity contribution >= 4 is 29.5 Å². The van der Waals surface area contributed by atoms with Crippen molar-refractivity contribution in [3.8, 4) is 22.9 Å². The molecule has 0 saturated heterocycles. The quantitative estimate of drug-likeness (QED) is 0.278. The van der Waals surface area contributed by atoms with E-state index >= 15 is 0 Å². The van der Waals surface area contributed by atoms with Crippen LogP contribution in [0.15, 0.2) is 66.3 Å². The average Bonchev–Trinajstić information content (AvgIpc) is 3.37. The molecule has 0 bridgehead atoms. The Hall–Kier alpha value is -5.13. The summed E-state index contributed by atoms with van der Waals surface area (Å²) < 4.78 is 35.0.